The van der Waals surface area contributed by atoms with E-state index < -0.39 is 14.4 Å². The predicted octanol–water partition coefficient (Wildman–Crippen LogP) is 3.77. The number of aliphatic hydroxyl groups is 1. The summed E-state index contributed by atoms with van der Waals surface area (Å²) in [6, 6.07) is 0. The van der Waals surface area contributed by atoms with Crippen LogP contribution in [0.15, 0.2) is 0 Å². The molecule has 27 heavy (non-hydrogen) atoms. The first-order chi connectivity index (χ1) is 12.1. The van der Waals surface area contributed by atoms with Gasteiger partial charge in [0.05, 0.1) is 12.7 Å². The van der Waals surface area contributed by atoms with Gasteiger partial charge in [-0.15, -0.1) is 0 Å². The molecule has 0 aliphatic carbocycles. The van der Waals surface area contributed by atoms with Crippen molar-refractivity contribution in [2.24, 2.45) is 5.73 Å². The summed E-state index contributed by atoms with van der Waals surface area (Å²) in [5, 5.41) is 10.8. The van der Waals surface area contributed by atoms with Crippen molar-refractivity contribution in [2.75, 3.05) is 6.54 Å². The summed E-state index contributed by atoms with van der Waals surface area (Å²) in [5.74, 6) is 0.980. The first kappa shape index (κ1) is 24.4. The predicted molar refractivity (Wildman–Crippen MR) is 121 cm³/mol. The summed E-state index contributed by atoms with van der Waals surface area (Å²) >= 11 is 0. The Kier molecular flexibility index (Phi) is 7.56. The first-order valence-electron chi connectivity index (χ1n) is 9.82. The van der Waals surface area contributed by atoms with Gasteiger partial charge in [0.2, 0.25) is 0 Å². The van der Waals surface area contributed by atoms with E-state index in [9.17, 15) is 5.11 Å². The molecule has 0 radical (unpaired) electrons. The van der Waals surface area contributed by atoms with Crippen molar-refractivity contribution >= 4 is 18.8 Å². The van der Waals surface area contributed by atoms with Crippen LogP contribution in [0.5, 0.6) is 5.75 Å². The highest BCUT2D eigenvalue weighted by Crippen LogP contribution is 2.46. The molecule has 0 heterocycles. The summed E-state index contributed by atoms with van der Waals surface area (Å²) in [5.41, 5.74) is 11.0. The van der Waals surface area contributed by atoms with E-state index >= 15 is 0 Å². The zero-order chi connectivity index (χ0) is 21.4. The van der Waals surface area contributed by atoms with Gasteiger partial charge >= 0.3 is 0 Å². The Bertz CT molecular complexity index is 674. The molecule has 1 aromatic rings. The minimum Gasteiger partial charge on any atom is -0.543 e. The molecule has 1 unspecified atom stereocenters. The van der Waals surface area contributed by atoms with Crippen molar-refractivity contribution in [1.82, 2.24) is 0 Å². The van der Waals surface area contributed by atoms with Gasteiger partial charge in [0.15, 0.2) is 0 Å². The lowest BCUT2D eigenvalue weighted by molar-refractivity contribution is 0.182. The monoisotopic (exact) mass is 411 g/mol. The van der Waals surface area contributed by atoms with Crippen LogP contribution in [0, 0.1) is 13.8 Å². The van der Waals surface area contributed by atoms with E-state index in [0.717, 1.165) is 33.6 Å². The highest BCUT2D eigenvalue weighted by atomic mass is 28.4. The highest BCUT2D eigenvalue weighted by molar-refractivity contribution is 6.74. The quantitative estimate of drug-likeness (QED) is 0.699. The average molecular weight is 412 g/mol. The van der Waals surface area contributed by atoms with Crippen LogP contribution in [0.25, 0.3) is 0 Å². The van der Waals surface area contributed by atoms with E-state index in [1.165, 1.54) is 0 Å². The van der Waals surface area contributed by atoms with Crippen LogP contribution < -0.4 is 10.2 Å². The third kappa shape index (κ3) is 5.04. The highest BCUT2D eigenvalue weighted by Gasteiger charge is 2.41. The van der Waals surface area contributed by atoms with Crippen LogP contribution in [0.3, 0.4) is 0 Å². The number of benzene rings is 1. The zero-order valence-electron chi connectivity index (χ0n) is 19.3. The number of hydrogen-bond donors (Lipinski definition) is 2. The Morgan fingerprint density at radius 3 is 1.96 bits per heavy atom. The van der Waals surface area contributed by atoms with Crippen LogP contribution in [0.1, 0.15) is 75.5 Å². The van der Waals surface area contributed by atoms with E-state index in [-0.39, 0.29) is 17.0 Å². The topological polar surface area (TPSA) is 64.7 Å². The fraction of sp³-hybridized carbons (Fsp3) is 0.714. The average Bonchev–Trinajstić information content (AvgIpc) is 2.49. The summed E-state index contributed by atoms with van der Waals surface area (Å²) in [6.45, 7) is 22.8. The van der Waals surface area contributed by atoms with E-state index in [0.29, 0.717) is 17.1 Å². The van der Waals surface area contributed by atoms with Crippen LogP contribution in [0.2, 0.25) is 18.1 Å². The molecule has 6 heteroatoms. The fourth-order valence-electron chi connectivity index (χ4n) is 3.25. The maximum atomic E-state index is 10.7. The Morgan fingerprint density at radius 1 is 1.07 bits per heavy atom. The molecule has 0 aromatic heterocycles. The summed E-state index contributed by atoms with van der Waals surface area (Å²) < 4.78 is 12.6. The third-order valence-electron chi connectivity index (χ3n) is 5.92. The number of hydrogen-bond acceptors (Lipinski definition) is 4. The molecule has 1 aromatic carbocycles. The number of aliphatic hydroxyl groups excluding tert-OH is 1. The molecule has 0 amide bonds. The molecule has 1 atom stereocenters. The standard InChI is InChI=1S/C21H41NO3Si2/c1-13-14(2)19(25-27(9,10)21(6,7)8)18(20(3,4)5)15(12-24-26)17(13)16(23)11-22/h16,23H,11-12,22H2,1-10,26H3. The number of rotatable bonds is 6. The van der Waals surface area contributed by atoms with E-state index in [4.69, 9.17) is 14.6 Å². The molecule has 0 fully saturated rings. The van der Waals surface area contributed by atoms with Gasteiger partial charge in [0, 0.05) is 12.1 Å². The molecule has 0 aliphatic heterocycles. The van der Waals surface area contributed by atoms with Crippen molar-refractivity contribution in [3.05, 3.63) is 27.8 Å². The molecule has 0 bridgehead atoms. The van der Waals surface area contributed by atoms with Gasteiger partial charge in [-0.05, 0) is 59.6 Å². The molecular weight excluding hydrogens is 370 g/mol. The maximum absolute atomic E-state index is 10.7. The second kappa shape index (κ2) is 8.37. The third-order valence-corrected chi connectivity index (χ3v) is 10.5. The second-order valence-electron chi connectivity index (χ2n) is 10.1. The van der Waals surface area contributed by atoms with Gasteiger partial charge in [-0.25, -0.2) is 0 Å². The lowest BCUT2D eigenvalue weighted by Crippen LogP contribution is -2.44. The van der Waals surface area contributed by atoms with E-state index in [2.05, 4.69) is 68.5 Å². The SMILES string of the molecule is Cc1c(C)c(C(O)CN)c(CO[SiH3])c(C(C)(C)C)c1O[Si](C)(C)C(C)(C)C. The first-order valence-corrected chi connectivity index (χ1v) is 13.5. The van der Waals surface area contributed by atoms with Crippen LogP contribution in [-0.2, 0) is 16.4 Å². The minimum atomic E-state index is -2.03. The fourth-order valence-corrected chi connectivity index (χ4v) is 4.61. The lowest BCUT2D eigenvalue weighted by atomic mass is 9.77. The van der Waals surface area contributed by atoms with Gasteiger partial charge in [-0.1, -0.05) is 41.5 Å². The Balaban J connectivity index is 3.93. The van der Waals surface area contributed by atoms with Gasteiger partial charge in [-0.3, -0.25) is 0 Å². The molecular formula is C21H41NO3Si2. The van der Waals surface area contributed by atoms with Gasteiger partial charge in [0.25, 0.3) is 8.32 Å². The van der Waals surface area contributed by atoms with Crippen LogP contribution in [-0.4, -0.2) is 30.5 Å². The smallest absolute Gasteiger partial charge is 0.250 e. The molecule has 1 rings (SSSR count). The lowest BCUT2D eigenvalue weighted by Gasteiger charge is -2.40. The minimum absolute atomic E-state index is 0.103. The van der Waals surface area contributed by atoms with Crippen molar-refractivity contribution in [3.63, 3.8) is 0 Å². The van der Waals surface area contributed by atoms with Crippen LogP contribution >= 0.6 is 0 Å². The van der Waals surface area contributed by atoms with E-state index in [1.54, 1.807) is 0 Å². The van der Waals surface area contributed by atoms with Gasteiger partial charge in [-0.2, -0.15) is 0 Å². The Labute approximate surface area is 170 Å². The Hall–Kier alpha value is -0.666. The summed E-state index contributed by atoms with van der Waals surface area (Å²) in [4.78, 5) is 0. The molecule has 156 valence electrons. The van der Waals surface area contributed by atoms with E-state index in [1.807, 2.05) is 0 Å². The summed E-state index contributed by atoms with van der Waals surface area (Å²) in [7, 11) is -1.39. The van der Waals surface area contributed by atoms with Gasteiger partial charge < -0.3 is 19.7 Å². The molecule has 4 nitrogen and oxygen atoms in total. The Morgan fingerprint density at radius 2 is 1.59 bits per heavy atom. The molecule has 0 saturated carbocycles. The molecule has 0 spiro atoms. The molecule has 0 aliphatic rings. The van der Waals surface area contributed by atoms with Crippen molar-refractivity contribution in [2.45, 2.75) is 91.6 Å². The zero-order valence-corrected chi connectivity index (χ0v) is 22.3. The van der Waals surface area contributed by atoms with Crippen molar-refractivity contribution in [3.8, 4) is 5.75 Å². The second-order valence-corrected chi connectivity index (χ2v) is 15.4. The summed E-state index contributed by atoms with van der Waals surface area (Å²) in [6.07, 6.45) is -0.696. The van der Waals surface area contributed by atoms with Crippen molar-refractivity contribution < 1.29 is 14.0 Å². The van der Waals surface area contributed by atoms with Crippen LogP contribution in [0.4, 0.5) is 0 Å². The van der Waals surface area contributed by atoms with Crippen molar-refractivity contribution in [1.29, 1.82) is 0 Å². The normalized spacial score (nSPS) is 14.5. The largest absolute Gasteiger partial charge is 0.543 e. The molecule has 0 saturated heterocycles. The molecule has 3 N–H and O–H groups in total. The number of nitrogens with two attached hydrogens (primary N) is 1. The maximum Gasteiger partial charge on any atom is 0.250 e. The van der Waals surface area contributed by atoms with Gasteiger partial charge in [0.1, 0.15) is 16.2 Å².